The first kappa shape index (κ1) is 15.9. The number of hydrogen-bond donors (Lipinski definition) is 1. The molecule has 0 spiro atoms. The van der Waals surface area contributed by atoms with Crippen LogP contribution in [-0.4, -0.2) is 64.7 Å². The summed E-state index contributed by atoms with van der Waals surface area (Å²) in [6.45, 7) is 0. The smallest absolute Gasteiger partial charge is 1.00 e. The van der Waals surface area contributed by atoms with Crippen molar-refractivity contribution in [1.29, 1.82) is 0 Å². The van der Waals surface area contributed by atoms with E-state index in [2.05, 4.69) is 0 Å². The maximum atomic E-state index is 8.56. The molecule has 0 radical (unpaired) electrons. The number of hydrogen-bond acceptors (Lipinski definition) is 2. The van der Waals surface area contributed by atoms with Crippen LogP contribution in [0.1, 0.15) is 0 Å². The van der Waals surface area contributed by atoms with Crippen LogP contribution in [0.2, 0.25) is 0 Å². The van der Waals surface area contributed by atoms with E-state index >= 15 is 0 Å². The SMILES string of the molecule is O=S([O-])O.[KH].[Na+]. The minimum Gasteiger partial charge on any atom is 1.00 e. The molecule has 0 aromatic heterocycles. The fourth-order valence-electron chi connectivity index (χ4n) is 0. The molecule has 6 heavy (non-hydrogen) atoms. The van der Waals surface area contributed by atoms with E-state index in [9.17, 15) is 0 Å². The van der Waals surface area contributed by atoms with Crippen LogP contribution in [-0.2, 0) is 11.4 Å². The van der Waals surface area contributed by atoms with Crippen LogP contribution < -0.4 is 29.6 Å². The largest absolute Gasteiger partial charge is 1.00 e. The molecular weight excluding hydrogens is 142 g/mol. The Labute approximate surface area is 103 Å². The molecule has 0 aromatic carbocycles. The molecule has 1 N–H and O–H groups in total. The van der Waals surface area contributed by atoms with Crippen LogP contribution in [0.15, 0.2) is 0 Å². The molecule has 0 bridgehead atoms. The van der Waals surface area contributed by atoms with Crippen molar-refractivity contribution in [2.45, 2.75) is 0 Å². The molecular formula is H2KNaO3S. The van der Waals surface area contributed by atoms with Gasteiger partial charge < -0.3 is 9.11 Å². The summed E-state index contributed by atoms with van der Waals surface area (Å²) in [6, 6.07) is 0. The second-order valence-electron chi connectivity index (χ2n) is 0.217. The van der Waals surface area contributed by atoms with Crippen molar-refractivity contribution >= 4 is 62.7 Å². The van der Waals surface area contributed by atoms with E-state index in [-0.39, 0.29) is 80.9 Å². The second kappa shape index (κ2) is 10.6. The third-order valence-corrected chi connectivity index (χ3v) is 0. The van der Waals surface area contributed by atoms with E-state index in [0.717, 1.165) is 0 Å². The van der Waals surface area contributed by atoms with Gasteiger partial charge in [0.2, 0.25) is 0 Å². The van der Waals surface area contributed by atoms with Crippen LogP contribution in [0, 0.1) is 0 Å². The Morgan fingerprint density at radius 1 is 1.67 bits per heavy atom. The Bertz CT molecular complexity index is 33.8. The molecule has 0 saturated heterocycles. The van der Waals surface area contributed by atoms with Crippen LogP contribution in [0.3, 0.4) is 0 Å². The van der Waals surface area contributed by atoms with Gasteiger partial charge in [0.25, 0.3) is 0 Å². The Balaban J connectivity index is -0.0000000450. The summed E-state index contributed by atoms with van der Waals surface area (Å²) in [5.41, 5.74) is 0. The van der Waals surface area contributed by atoms with Crippen molar-refractivity contribution < 1.29 is 42.9 Å². The van der Waals surface area contributed by atoms with Gasteiger partial charge in [0, 0.05) is 0 Å². The van der Waals surface area contributed by atoms with Crippen molar-refractivity contribution in [2.75, 3.05) is 0 Å². The van der Waals surface area contributed by atoms with Crippen molar-refractivity contribution in [1.82, 2.24) is 0 Å². The first-order valence-corrected chi connectivity index (χ1v) is 1.55. The molecule has 1 atom stereocenters. The van der Waals surface area contributed by atoms with E-state index in [1.165, 1.54) is 0 Å². The monoisotopic (exact) mass is 144 g/mol. The molecule has 0 aliphatic rings. The third kappa shape index (κ3) is 29.8. The fraction of sp³-hybridized carbons (Fsp3) is 0. The van der Waals surface area contributed by atoms with E-state index < -0.39 is 11.4 Å². The molecule has 0 rings (SSSR count). The Morgan fingerprint density at radius 3 is 1.67 bits per heavy atom. The summed E-state index contributed by atoms with van der Waals surface area (Å²) < 4.78 is 24.1. The third-order valence-electron chi connectivity index (χ3n) is 0. The fourth-order valence-corrected chi connectivity index (χ4v) is 0. The van der Waals surface area contributed by atoms with Gasteiger partial charge in [-0.2, -0.15) is 0 Å². The van der Waals surface area contributed by atoms with Gasteiger partial charge in [-0.3, -0.25) is 0 Å². The van der Waals surface area contributed by atoms with Gasteiger partial charge in [0.15, 0.2) is 0 Å². The van der Waals surface area contributed by atoms with E-state index in [4.69, 9.17) is 13.3 Å². The number of rotatable bonds is 0. The topological polar surface area (TPSA) is 60.4 Å². The predicted octanol–water partition coefficient (Wildman–Crippen LogP) is -4.31. The average Bonchev–Trinajstić information content (AvgIpc) is 0.811. The van der Waals surface area contributed by atoms with Gasteiger partial charge in [0.1, 0.15) is 0 Å². The van der Waals surface area contributed by atoms with Crippen molar-refractivity contribution in [3.63, 3.8) is 0 Å². The summed E-state index contributed by atoms with van der Waals surface area (Å²) in [5, 5.41) is 0. The minimum atomic E-state index is -2.86. The predicted molar refractivity (Wildman–Crippen MR) is 18.7 cm³/mol. The summed E-state index contributed by atoms with van der Waals surface area (Å²) in [4.78, 5) is 0. The van der Waals surface area contributed by atoms with E-state index in [1.807, 2.05) is 0 Å². The van der Waals surface area contributed by atoms with Gasteiger partial charge >= 0.3 is 80.9 Å². The van der Waals surface area contributed by atoms with Crippen LogP contribution in [0.5, 0.6) is 0 Å². The standard InChI is InChI=1S/K.Na.H2O3S.H/c;;1-4(2)3;/h;;(H2,1,2,3);/q;+1;;/p-1. The first-order chi connectivity index (χ1) is 1.73. The van der Waals surface area contributed by atoms with E-state index in [1.54, 1.807) is 0 Å². The maximum absolute atomic E-state index is 8.56. The van der Waals surface area contributed by atoms with Crippen LogP contribution in [0.25, 0.3) is 0 Å². The van der Waals surface area contributed by atoms with E-state index in [0.29, 0.717) is 0 Å². The minimum absolute atomic E-state index is 0. The molecule has 0 fully saturated rings. The first-order valence-electron chi connectivity index (χ1n) is 0.516. The summed E-state index contributed by atoms with van der Waals surface area (Å²) in [5.74, 6) is 0. The Kier molecular flexibility index (Phi) is 28.2. The summed E-state index contributed by atoms with van der Waals surface area (Å²) in [6.07, 6.45) is 0. The van der Waals surface area contributed by atoms with Gasteiger partial charge in [0.05, 0.1) is 11.4 Å². The zero-order valence-corrected chi connectivity index (χ0v) is 5.49. The molecule has 28 valence electrons. The normalized spacial score (nSPS) is 10.3. The second-order valence-corrected chi connectivity index (χ2v) is 0.651. The summed E-state index contributed by atoms with van der Waals surface area (Å²) >= 11 is -2.86. The van der Waals surface area contributed by atoms with Gasteiger partial charge in [-0.05, 0) is 0 Å². The Hall–Kier alpha value is 2.71. The molecule has 0 aliphatic heterocycles. The average molecular weight is 144 g/mol. The van der Waals surface area contributed by atoms with Crippen LogP contribution in [0.4, 0.5) is 0 Å². The summed E-state index contributed by atoms with van der Waals surface area (Å²) in [7, 11) is 0. The Morgan fingerprint density at radius 2 is 1.67 bits per heavy atom. The van der Waals surface area contributed by atoms with Crippen molar-refractivity contribution in [2.24, 2.45) is 0 Å². The molecule has 3 nitrogen and oxygen atoms in total. The van der Waals surface area contributed by atoms with Gasteiger partial charge in [-0.25, -0.2) is 4.21 Å². The van der Waals surface area contributed by atoms with Crippen molar-refractivity contribution in [3.05, 3.63) is 0 Å². The van der Waals surface area contributed by atoms with Gasteiger partial charge in [-0.1, -0.05) is 0 Å². The molecule has 0 amide bonds. The molecule has 0 saturated carbocycles. The quantitative estimate of drug-likeness (QED) is 0.276. The molecule has 6 heteroatoms. The maximum Gasteiger partial charge on any atom is 1.00 e. The van der Waals surface area contributed by atoms with Crippen LogP contribution >= 0.6 is 0 Å². The molecule has 1 unspecified atom stereocenters. The molecule has 0 aliphatic carbocycles. The van der Waals surface area contributed by atoms with Gasteiger partial charge in [-0.15, -0.1) is 0 Å². The van der Waals surface area contributed by atoms with Crippen molar-refractivity contribution in [3.8, 4) is 0 Å². The zero-order valence-electron chi connectivity index (χ0n) is 2.67. The molecule has 0 heterocycles. The zero-order chi connectivity index (χ0) is 3.58. The molecule has 0 aromatic rings.